The van der Waals surface area contributed by atoms with Crippen LogP contribution in [0.2, 0.25) is 10.0 Å². The minimum atomic E-state index is -0.586. The Morgan fingerprint density at radius 2 is 1.85 bits per heavy atom. The molecule has 1 unspecified atom stereocenters. The SMILES string of the molecule is CCOc1cc(C2C(C(=O)Nc3ccccc3OC)=C(C)Nc3ncnn32)ccc1OCc1ccc(Cl)c(Cl)c1. The van der Waals surface area contributed by atoms with Gasteiger partial charge in [0.25, 0.3) is 5.91 Å². The predicted octanol–water partition coefficient (Wildman–Crippen LogP) is 6.50. The molecular formula is C29H27Cl2N5O4. The average Bonchev–Trinajstić information content (AvgIpc) is 3.42. The molecule has 0 radical (unpaired) electrons. The van der Waals surface area contributed by atoms with Gasteiger partial charge in [0.15, 0.2) is 11.5 Å². The molecular weight excluding hydrogens is 553 g/mol. The average molecular weight is 580 g/mol. The molecule has 0 spiro atoms. The molecule has 11 heteroatoms. The highest BCUT2D eigenvalue weighted by molar-refractivity contribution is 6.42. The normalized spacial score (nSPS) is 14.3. The third-order valence-corrected chi connectivity index (χ3v) is 7.09. The quantitative estimate of drug-likeness (QED) is 0.233. The minimum Gasteiger partial charge on any atom is -0.495 e. The number of fused-ring (bicyclic) bond motifs is 1. The van der Waals surface area contributed by atoms with E-state index in [4.69, 9.17) is 37.4 Å². The molecule has 1 atom stereocenters. The van der Waals surface area contributed by atoms with Crippen LogP contribution in [0, 0.1) is 0 Å². The van der Waals surface area contributed by atoms with Gasteiger partial charge in [0.05, 0.1) is 35.0 Å². The van der Waals surface area contributed by atoms with Crippen LogP contribution in [0.5, 0.6) is 17.2 Å². The number of para-hydroxylation sites is 2. The van der Waals surface area contributed by atoms with E-state index in [0.717, 1.165) is 11.1 Å². The lowest BCUT2D eigenvalue weighted by Gasteiger charge is -2.29. The molecule has 0 fully saturated rings. The number of ether oxygens (including phenoxy) is 3. The molecule has 4 aromatic rings. The third kappa shape index (κ3) is 5.57. The number of methoxy groups -OCH3 is 1. The summed E-state index contributed by atoms with van der Waals surface area (Å²) in [6.07, 6.45) is 1.45. The first-order valence-electron chi connectivity index (χ1n) is 12.5. The van der Waals surface area contributed by atoms with Crippen LogP contribution >= 0.6 is 23.2 Å². The highest BCUT2D eigenvalue weighted by atomic mass is 35.5. The maximum absolute atomic E-state index is 13.7. The second kappa shape index (κ2) is 11.9. The molecule has 1 amide bonds. The number of rotatable bonds is 9. The monoisotopic (exact) mass is 579 g/mol. The van der Waals surface area contributed by atoms with Crippen LogP contribution in [0.25, 0.3) is 0 Å². The fourth-order valence-electron chi connectivity index (χ4n) is 4.50. The van der Waals surface area contributed by atoms with Crippen molar-refractivity contribution < 1.29 is 19.0 Å². The number of hydrogen-bond acceptors (Lipinski definition) is 7. The number of carbonyl (C=O) groups is 1. The molecule has 3 aromatic carbocycles. The number of benzene rings is 3. The van der Waals surface area contributed by atoms with E-state index >= 15 is 0 Å². The van der Waals surface area contributed by atoms with E-state index in [0.29, 0.717) is 56.8 Å². The highest BCUT2D eigenvalue weighted by Crippen LogP contribution is 2.39. The van der Waals surface area contributed by atoms with Crippen molar-refractivity contribution in [1.82, 2.24) is 14.8 Å². The molecule has 9 nitrogen and oxygen atoms in total. The lowest BCUT2D eigenvalue weighted by molar-refractivity contribution is -0.113. The number of carbonyl (C=O) groups excluding carboxylic acids is 1. The lowest BCUT2D eigenvalue weighted by Crippen LogP contribution is -2.31. The van der Waals surface area contributed by atoms with Gasteiger partial charge in [0.2, 0.25) is 5.95 Å². The van der Waals surface area contributed by atoms with Gasteiger partial charge in [0, 0.05) is 5.70 Å². The summed E-state index contributed by atoms with van der Waals surface area (Å²) >= 11 is 12.2. The second-order valence-corrected chi connectivity index (χ2v) is 9.74. The zero-order chi connectivity index (χ0) is 28.2. The fourth-order valence-corrected chi connectivity index (χ4v) is 4.82. The van der Waals surface area contributed by atoms with Crippen molar-refractivity contribution in [3.05, 3.63) is 99.4 Å². The van der Waals surface area contributed by atoms with Gasteiger partial charge in [-0.25, -0.2) is 4.68 Å². The summed E-state index contributed by atoms with van der Waals surface area (Å²) in [4.78, 5) is 18.1. The Kier molecular flexibility index (Phi) is 8.14. The summed E-state index contributed by atoms with van der Waals surface area (Å²) in [7, 11) is 1.56. The van der Waals surface area contributed by atoms with Gasteiger partial charge in [-0.05, 0) is 61.4 Å². The lowest BCUT2D eigenvalue weighted by atomic mass is 9.94. The number of nitrogens with one attached hydrogen (secondary N) is 2. The molecule has 1 aromatic heterocycles. The van der Waals surface area contributed by atoms with Crippen molar-refractivity contribution in [2.24, 2.45) is 0 Å². The van der Waals surface area contributed by atoms with Crippen LogP contribution in [-0.2, 0) is 11.4 Å². The van der Waals surface area contributed by atoms with Crippen LogP contribution in [0.4, 0.5) is 11.6 Å². The van der Waals surface area contributed by atoms with Crippen molar-refractivity contribution in [3.63, 3.8) is 0 Å². The molecule has 1 aliphatic rings. The molecule has 0 bridgehead atoms. The molecule has 206 valence electrons. The van der Waals surface area contributed by atoms with Gasteiger partial charge in [-0.2, -0.15) is 10.1 Å². The summed E-state index contributed by atoms with van der Waals surface area (Å²) < 4.78 is 19.1. The molecule has 5 rings (SSSR count). The zero-order valence-electron chi connectivity index (χ0n) is 22.1. The van der Waals surface area contributed by atoms with Gasteiger partial charge in [0.1, 0.15) is 24.7 Å². The smallest absolute Gasteiger partial charge is 0.255 e. The molecule has 2 heterocycles. The first-order valence-corrected chi connectivity index (χ1v) is 13.3. The minimum absolute atomic E-state index is 0.266. The van der Waals surface area contributed by atoms with Gasteiger partial charge in [-0.15, -0.1) is 0 Å². The maximum Gasteiger partial charge on any atom is 0.255 e. The Labute approximate surface area is 241 Å². The van der Waals surface area contributed by atoms with Crippen molar-refractivity contribution >= 4 is 40.7 Å². The van der Waals surface area contributed by atoms with Crippen LogP contribution in [0.1, 0.15) is 31.0 Å². The van der Waals surface area contributed by atoms with Gasteiger partial charge >= 0.3 is 0 Å². The number of anilines is 2. The van der Waals surface area contributed by atoms with E-state index in [1.54, 1.807) is 36.1 Å². The van der Waals surface area contributed by atoms with E-state index in [1.807, 2.05) is 50.2 Å². The molecule has 0 aliphatic carbocycles. The summed E-state index contributed by atoms with van der Waals surface area (Å²) in [6.45, 7) is 4.41. The third-order valence-electron chi connectivity index (χ3n) is 6.36. The van der Waals surface area contributed by atoms with E-state index in [-0.39, 0.29) is 12.5 Å². The first kappa shape index (κ1) is 27.4. The highest BCUT2D eigenvalue weighted by Gasteiger charge is 2.34. The summed E-state index contributed by atoms with van der Waals surface area (Å²) in [5.41, 5.74) is 3.30. The Hall–Kier alpha value is -4.21. The number of amides is 1. The number of nitrogens with zero attached hydrogens (tertiary/aromatic N) is 3. The Morgan fingerprint density at radius 1 is 1.02 bits per heavy atom. The van der Waals surface area contributed by atoms with Gasteiger partial charge in [-0.1, -0.05) is 47.5 Å². The van der Waals surface area contributed by atoms with E-state index in [9.17, 15) is 4.79 Å². The number of aromatic nitrogens is 3. The molecule has 2 N–H and O–H groups in total. The van der Waals surface area contributed by atoms with Gasteiger partial charge in [-0.3, -0.25) is 4.79 Å². The second-order valence-electron chi connectivity index (χ2n) is 8.93. The zero-order valence-corrected chi connectivity index (χ0v) is 23.6. The fraction of sp³-hybridized carbons (Fsp3) is 0.207. The van der Waals surface area contributed by atoms with Crippen molar-refractivity contribution in [3.8, 4) is 17.2 Å². The Balaban J connectivity index is 1.49. The molecule has 0 saturated carbocycles. The van der Waals surface area contributed by atoms with Crippen molar-refractivity contribution in [2.45, 2.75) is 26.5 Å². The summed E-state index contributed by atoms with van der Waals surface area (Å²) in [6, 6.07) is 17.6. The topological polar surface area (TPSA) is 99.5 Å². The summed E-state index contributed by atoms with van der Waals surface area (Å²) in [5.74, 6) is 1.85. The van der Waals surface area contributed by atoms with Crippen LogP contribution in [-0.4, -0.2) is 34.4 Å². The van der Waals surface area contributed by atoms with E-state index < -0.39 is 6.04 Å². The molecule has 0 saturated heterocycles. The van der Waals surface area contributed by atoms with E-state index in [1.165, 1.54) is 6.33 Å². The number of allylic oxidation sites excluding steroid dienone is 1. The van der Waals surface area contributed by atoms with Gasteiger partial charge < -0.3 is 24.8 Å². The number of halogens is 2. The molecule has 1 aliphatic heterocycles. The predicted molar refractivity (Wildman–Crippen MR) is 155 cm³/mol. The maximum atomic E-state index is 13.7. The van der Waals surface area contributed by atoms with Crippen LogP contribution in [0.3, 0.4) is 0 Å². The number of hydrogen-bond donors (Lipinski definition) is 2. The standard InChI is InChI=1S/C29H27Cl2N5O4/c1-4-39-25-14-19(10-12-24(25)40-15-18-9-11-20(30)21(31)13-18)27-26(17(2)34-29-32-16-33-36(27)29)28(37)35-22-7-5-6-8-23(22)38-3/h5-14,16,27H,4,15H2,1-3H3,(H,35,37)(H,32,33,34). The largest absolute Gasteiger partial charge is 0.495 e. The van der Waals surface area contributed by atoms with Crippen LogP contribution in [0.15, 0.2) is 78.3 Å². The molecule has 40 heavy (non-hydrogen) atoms. The van der Waals surface area contributed by atoms with Crippen LogP contribution < -0.4 is 24.8 Å². The Morgan fingerprint density at radius 3 is 2.62 bits per heavy atom. The Bertz CT molecular complexity index is 1590. The van der Waals surface area contributed by atoms with Crippen molar-refractivity contribution in [1.29, 1.82) is 0 Å². The van der Waals surface area contributed by atoms with E-state index in [2.05, 4.69) is 20.7 Å². The first-order chi connectivity index (χ1) is 19.4. The van der Waals surface area contributed by atoms with Crippen molar-refractivity contribution in [2.75, 3.05) is 24.4 Å². The summed E-state index contributed by atoms with van der Waals surface area (Å²) in [5, 5.41) is 11.5.